The molecule has 2 aromatic rings. The lowest BCUT2D eigenvalue weighted by Gasteiger charge is -2.40. The number of alkyl halides is 3. The van der Waals surface area contributed by atoms with Gasteiger partial charge in [0, 0.05) is 19.7 Å². The van der Waals surface area contributed by atoms with Crippen LogP contribution in [0.15, 0.2) is 18.2 Å². The van der Waals surface area contributed by atoms with Gasteiger partial charge in [0.25, 0.3) is 0 Å². The number of carbonyl (C=O) groups is 1. The molecule has 0 spiro atoms. The minimum Gasteiger partial charge on any atom is -0.469 e. The van der Waals surface area contributed by atoms with Crippen molar-refractivity contribution in [2.75, 3.05) is 31.0 Å². The van der Waals surface area contributed by atoms with E-state index in [1.54, 1.807) is 7.11 Å². The number of benzene rings is 1. The van der Waals surface area contributed by atoms with E-state index in [9.17, 15) is 18.0 Å². The van der Waals surface area contributed by atoms with Crippen molar-refractivity contribution in [3.8, 4) is 0 Å². The number of rotatable bonds is 10. The van der Waals surface area contributed by atoms with E-state index in [0.717, 1.165) is 43.5 Å². The largest absolute Gasteiger partial charge is 0.469 e. The Morgan fingerprint density at radius 3 is 2.44 bits per heavy atom. The molecule has 2 N–H and O–H groups in total. The van der Waals surface area contributed by atoms with E-state index >= 15 is 0 Å². The number of H-pyrrole nitrogens is 1. The lowest BCUT2D eigenvalue weighted by molar-refractivity contribution is -0.144. The molecule has 200 valence electrons. The third-order valence-electron chi connectivity index (χ3n) is 6.58. The van der Waals surface area contributed by atoms with Crippen molar-refractivity contribution >= 4 is 23.3 Å². The second kappa shape index (κ2) is 11.9. The molecule has 1 aliphatic rings. The maximum absolute atomic E-state index is 13.1. The van der Waals surface area contributed by atoms with E-state index in [1.165, 1.54) is 7.11 Å². The number of esters is 1. The summed E-state index contributed by atoms with van der Waals surface area (Å²) in [6.45, 7) is 6.95. The van der Waals surface area contributed by atoms with Crippen LogP contribution in [-0.2, 0) is 20.4 Å². The predicted molar refractivity (Wildman–Crippen MR) is 131 cm³/mol. The molecule has 1 aliphatic carbocycles. The van der Waals surface area contributed by atoms with Crippen LogP contribution in [0.2, 0.25) is 0 Å². The smallest absolute Gasteiger partial charge is 0.451 e. The molecule has 1 atom stereocenters. The van der Waals surface area contributed by atoms with E-state index in [-0.39, 0.29) is 36.4 Å². The second-order valence-corrected chi connectivity index (χ2v) is 9.80. The van der Waals surface area contributed by atoms with Gasteiger partial charge in [-0.15, -0.1) is 5.10 Å². The molecular weight excluding hydrogens is 475 g/mol. The van der Waals surface area contributed by atoms with Crippen LogP contribution in [0.3, 0.4) is 0 Å². The quantitative estimate of drug-likeness (QED) is 0.398. The number of hydrogen-bond donors (Lipinski definition) is 2. The highest BCUT2D eigenvalue weighted by Crippen LogP contribution is 2.37. The van der Waals surface area contributed by atoms with Gasteiger partial charge in [-0.3, -0.25) is 9.89 Å². The van der Waals surface area contributed by atoms with Crippen LogP contribution in [0.1, 0.15) is 70.2 Å². The van der Waals surface area contributed by atoms with Gasteiger partial charge in [-0.1, -0.05) is 26.8 Å². The highest BCUT2D eigenvalue weighted by molar-refractivity contribution is 5.76. The summed E-state index contributed by atoms with van der Waals surface area (Å²) in [6.07, 6.45) is -0.407. The normalized spacial score (nSPS) is 19.2. The molecule has 1 aromatic carbocycles. The van der Waals surface area contributed by atoms with Gasteiger partial charge in [0.15, 0.2) is 0 Å². The molecule has 1 heterocycles. The van der Waals surface area contributed by atoms with Crippen LogP contribution >= 0.6 is 0 Å². The molecule has 1 aromatic heterocycles. The van der Waals surface area contributed by atoms with Crippen molar-refractivity contribution in [2.24, 2.45) is 5.92 Å². The first-order valence-electron chi connectivity index (χ1n) is 12.3. The van der Waals surface area contributed by atoms with E-state index < -0.39 is 12.0 Å². The van der Waals surface area contributed by atoms with Gasteiger partial charge >= 0.3 is 12.1 Å². The van der Waals surface area contributed by atoms with E-state index in [1.807, 2.05) is 30.2 Å². The maximum Gasteiger partial charge on any atom is 0.451 e. The van der Waals surface area contributed by atoms with Gasteiger partial charge in [-0.25, -0.2) is 0 Å². The van der Waals surface area contributed by atoms with Gasteiger partial charge < -0.3 is 19.7 Å². The molecule has 0 aliphatic heterocycles. The van der Waals surface area contributed by atoms with Gasteiger partial charge in [-0.05, 0) is 55.2 Å². The Labute approximate surface area is 209 Å². The molecular formula is C25H36F3N5O3. The average Bonchev–Trinajstić information content (AvgIpc) is 3.32. The fourth-order valence-corrected chi connectivity index (χ4v) is 4.66. The Hall–Kier alpha value is -2.82. The first-order chi connectivity index (χ1) is 17.0. The Morgan fingerprint density at radius 2 is 1.89 bits per heavy atom. The predicted octanol–water partition coefficient (Wildman–Crippen LogP) is 5.65. The molecule has 0 bridgehead atoms. The lowest BCUT2D eigenvalue weighted by atomic mass is 9.90. The molecule has 1 saturated carbocycles. The van der Waals surface area contributed by atoms with Gasteiger partial charge in [0.05, 0.1) is 31.0 Å². The summed E-state index contributed by atoms with van der Waals surface area (Å²) in [5.41, 5.74) is 2.30. The summed E-state index contributed by atoms with van der Waals surface area (Å²) in [4.78, 5) is 17.8. The molecule has 8 nitrogen and oxygen atoms in total. The Morgan fingerprint density at radius 1 is 1.19 bits per heavy atom. The van der Waals surface area contributed by atoms with Gasteiger partial charge in [0.1, 0.15) is 0 Å². The molecule has 0 saturated heterocycles. The topological polar surface area (TPSA) is 92.4 Å². The van der Waals surface area contributed by atoms with Crippen molar-refractivity contribution in [3.05, 3.63) is 29.6 Å². The van der Waals surface area contributed by atoms with Crippen molar-refractivity contribution in [1.29, 1.82) is 0 Å². The Balaban J connectivity index is 1.99. The minimum atomic E-state index is -4.63. The number of nitrogens with one attached hydrogen (secondary N) is 2. The van der Waals surface area contributed by atoms with Crippen molar-refractivity contribution in [1.82, 2.24) is 15.2 Å². The van der Waals surface area contributed by atoms with Crippen LogP contribution < -0.4 is 10.2 Å². The number of carbonyl (C=O) groups excluding carboxylic acids is 1. The van der Waals surface area contributed by atoms with Crippen molar-refractivity contribution < 1.29 is 27.4 Å². The number of ether oxygens (including phenoxy) is 2. The van der Waals surface area contributed by atoms with Gasteiger partial charge in [-0.2, -0.15) is 18.2 Å². The molecule has 1 fully saturated rings. The lowest BCUT2D eigenvalue weighted by Crippen LogP contribution is -2.41. The number of aromatic nitrogens is 3. The number of methoxy groups -OCH3 is 2. The van der Waals surface area contributed by atoms with E-state index in [4.69, 9.17) is 9.47 Å². The van der Waals surface area contributed by atoms with Crippen molar-refractivity contribution in [2.45, 2.75) is 77.1 Å². The first-order valence-corrected chi connectivity index (χ1v) is 12.3. The third-order valence-corrected chi connectivity index (χ3v) is 6.58. The maximum atomic E-state index is 13.1. The molecule has 3 rings (SSSR count). The molecule has 36 heavy (non-hydrogen) atoms. The van der Waals surface area contributed by atoms with E-state index in [2.05, 4.69) is 34.1 Å². The van der Waals surface area contributed by atoms with Crippen LogP contribution in [0.25, 0.3) is 0 Å². The summed E-state index contributed by atoms with van der Waals surface area (Å²) in [6, 6.07) is 6.05. The summed E-state index contributed by atoms with van der Waals surface area (Å²) in [5.74, 6) is -1.47. The highest BCUT2D eigenvalue weighted by atomic mass is 19.4. The highest BCUT2D eigenvalue weighted by Gasteiger charge is 2.35. The molecule has 0 unspecified atom stereocenters. The monoisotopic (exact) mass is 511 g/mol. The fraction of sp³-hybridized carbons (Fsp3) is 0.640. The Kier molecular flexibility index (Phi) is 9.21. The zero-order valence-electron chi connectivity index (χ0n) is 21.5. The third kappa shape index (κ3) is 7.11. The number of nitrogens with zero attached hydrogens (tertiary/aromatic N) is 3. The van der Waals surface area contributed by atoms with Crippen molar-refractivity contribution in [3.63, 3.8) is 0 Å². The summed E-state index contributed by atoms with van der Waals surface area (Å²) >= 11 is 0. The first kappa shape index (κ1) is 27.8. The minimum absolute atomic E-state index is 0.152. The standard InChI is InChI=1S/C25H36F3N5O3/c1-15(2)14-33(18-7-9-19(35-4)10-8-18)21-11-6-17(16(3)12-22(34)36-5)13-20(21)29-24-30-23(31-32-24)25(26,27)28/h6,11,13,15-16,18-19H,7-10,12,14H2,1-5H3,(H2,29,30,31,32)/t16-,18?,19?/m1/s1. The molecule has 11 heteroatoms. The number of hydrogen-bond acceptors (Lipinski definition) is 7. The summed E-state index contributed by atoms with van der Waals surface area (Å²) < 4.78 is 49.6. The number of aromatic amines is 1. The van der Waals surface area contributed by atoms with Gasteiger partial charge in [0.2, 0.25) is 11.8 Å². The van der Waals surface area contributed by atoms with E-state index in [0.29, 0.717) is 11.6 Å². The molecule has 0 radical (unpaired) electrons. The molecule has 0 amide bonds. The Bertz CT molecular complexity index is 1000. The summed E-state index contributed by atoms with van der Waals surface area (Å²) in [7, 11) is 3.08. The zero-order valence-corrected chi connectivity index (χ0v) is 21.5. The van der Waals surface area contributed by atoms with Crippen LogP contribution in [-0.4, -0.2) is 54.1 Å². The van der Waals surface area contributed by atoms with Crippen LogP contribution in [0, 0.1) is 5.92 Å². The number of halogens is 3. The number of anilines is 3. The second-order valence-electron chi connectivity index (χ2n) is 9.80. The average molecular weight is 512 g/mol. The summed E-state index contributed by atoms with van der Waals surface area (Å²) in [5, 5.41) is 8.69. The van der Waals surface area contributed by atoms with Crippen LogP contribution in [0.5, 0.6) is 0 Å². The fourth-order valence-electron chi connectivity index (χ4n) is 4.66. The zero-order chi connectivity index (χ0) is 26.5. The SMILES string of the molecule is COC(=O)C[C@@H](C)c1ccc(N(CC(C)C)C2CCC(OC)CC2)c(Nc2n[nH]c(C(F)(F)F)n2)c1. The van der Waals surface area contributed by atoms with Crippen LogP contribution in [0.4, 0.5) is 30.5 Å².